The van der Waals surface area contributed by atoms with Crippen LogP contribution in [0, 0.1) is 11.3 Å². The minimum Gasteiger partial charge on any atom is -0.493 e. The molecule has 7 nitrogen and oxygen atoms in total. The van der Waals surface area contributed by atoms with Crippen molar-refractivity contribution in [1.29, 1.82) is 0 Å². The average molecular weight is 465 g/mol. The van der Waals surface area contributed by atoms with Crippen LogP contribution in [0.15, 0.2) is 30.3 Å². The number of fused-ring (bicyclic) bond motifs is 1. The number of methoxy groups -OCH3 is 2. The van der Waals surface area contributed by atoms with Crippen LogP contribution in [0.3, 0.4) is 0 Å². The standard InChI is InChI=1S/C23H22F3NO6/c1-31-16-7-6-13(12-4-3-5-14-15(12)10-27-20(14)28)17(18(16)32-2)33-11-22(8-9-22)19(21(29)30)23(24,25)26/h3-7,19H,8-11H2,1-2H3,(H,27,28)(H,29,30). The summed E-state index contributed by atoms with van der Waals surface area (Å²) in [5, 5.41) is 12.0. The van der Waals surface area contributed by atoms with E-state index in [9.17, 15) is 27.9 Å². The summed E-state index contributed by atoms with van der Waals surface area (Å²) in [5.74, 6) is -4.09. The van der Waals surface area contributed by atoms with Crippen LogP contribution in [0.1, 0.15) is 28.8 Å². The average Bonchev–Trinajstić information content (AvgIpc) is 3.43. The molecule has 0 radical (unpaired) electrons. The zero-order valence-electron chi connectivity index (χ0n) is 17.9. The first-order valence-electron chi connectivity index (χ1n) is 10.2. The van der Waals surface area contributed by atoms with Crippen LogP contribution >= 0.6 is 0 Å². The minimum absolute atomic E-state index is 0.0737. The molecule has 176 valence electrons. The molecule has 1 aliphatic heterocycles. The highest BCUT2D eigenvalue weighted by Gasteiger charge is 2.64. The maximum atomic E-state index is 13.5. The van der Waals surface area contributed by atoms with E-state index in [1.54, 1.807) is 30.3 Å². The molecule has 1 atom stereocenters. The Morgan fingerprint density at radius 1 is 1.09 bits per heavy atom. The van der Waals surface area contributed by atoms with Crippen LogP contribution in [0.25, 0.3) is 11.1 Å². The van der Waals surface area contributed by atoms with Crippen LogP contribution in [0.4, 0.5) is 13.2 Å². The third-order valence-electron chi connectivity index (χ3n) is 6.22. The van der Waals surface area contributed by atoms with Gasteiger partial charge in [-0.05, 0) is 42.2 Å². The van der Waals surface area contributed by atoms with Crippen LogP contribution in [-0.2, 0) is 11.3 Å². The minimum atomic E-state index is -4.90. The van der Waals surface area contributed by atoms with Crippen molar-refractivity contribution >= 4 is 11.9 Å². The van der Waals surface area contributed by atoms with E-state index in [4.69, 9.17) is 14.2 Å². The molecule has 0 spiro atoms. The first kappa shape index (κ1) is 22.8. The Labute approximate surface area is 187 Å². The molecule has 2 aromatic carbocycles. The number of hydrogen-bond acceptors (Lipinski definition) is 5. The lowest BCUT2D eigenvalue weighted by Gasteiger charge is -2.27. The Morgan fingerprint density at radius 2 is 1.79 bits per heavy atom. The predicted octanol–water partition coefficient (Wildman–Crippen LogP) is 4.04. The lowest BCUT2D eigenvalue weighted by Crippen LogP contribution is -2.41. The van der Waals surface area contributed by atoms with Gasteiger partial charge in [-0.1, -0.05) is 12.1 Å². The van der Waals surface area contributed by atoms with Gasteiger partial charge in [0.2, 0.25) is 5.75 Å². The van der Waals surface area contributed by atoms with Gasteiger partial charge in [0.25, 0.3) is 5.91 Å². The second kappa shape index (κ2) is 8.17. The number of benzene rings is 2. The van der Waals surface area contributed by atoms with Gasteiger partial charge in [-0.15, -0.1) is 0 Å². The normalized spacial score (nSPS) is 17.1. The number of carbonyl (C=O) groups is 2. The summed E-state index contributed by atoms with van der Waals surface area (Å²) >= 11 is 0. The molecule has 0 aromatic heterocycles. The smallest absolute Gasteiger partial charge is 0.402 e. The summed E-state index contributed by atoms with van der Waals surface area (Å²) in [7, 11) is 2.79. The van der Waals surface area contributed by atoms with Gasteiger partial charge in [0.1, 0.15) is 0 Å². The summed E-state index contributed by atoms with van der Waals surface area (Å²) in [5.41, 5.74) is 0.799. The number of carboxylic acid groups (broad SMARTS) is 1. The van der Waals surface area contributed by atoms with E-state index in [0.717, 1.165) is 5.56 Å². The molecular formula is C23H22F3NO6. The van der Waals surface area contributed by atoms with E-state index in [-0.39, 0.29) is 36.8 Å². The van der Waals surface area contributed by atoms with Crippen molar-refractivity contribution in [2.45, 2.75) is 25.6 Å². The summed E-state index contributed by atoms with van der Waals surface area (Å²) in [6, 6.07) is 8.46. The number of amides is 1. The molecule has 1 heterocycles. The van der Waals surface area contributed by atoms with Crippen molar-refractivity contribution in [3.63, 3.8) is 0 Å². The first-order valence-corrected chi connectivity index (χ1v) is 10.2. The van der Waals surface area contributed by atoms with Crippen molar-refractivity contribution < 1.29 is 42.1 Å². The molecule has 1 unspecified atom stereocenters. The van der Waals surface area contributed by atoms with Gasteiger partial charge in [-0.25, -0.2) is 0 Å². The second-order valence-electron chi connectivity index (χ2n) is 8.16. The summed E-state index contributed by atoms with van der Waals surface area (Å²) in [4.78, 5) is 23.6. The van der Waals surface area contributed by atoms with E-state index in [1.807, 2.05) is 0 Å². The summed E-state index contributed by atoms with van der Waals surface area (Å²) in [6.07, 6.45) is -4.76. The molecule has 2 aliphatic rings. The first-order chi connectivity index (χ1) is 15.6. The Kier molecular flexibility index (Phi) is 5.63. The van der Waals surface area contributed by atoms with E-state index in [2.05, 4.69) is 5.32 Å². The SMILES string of the molecule is COc1ccc(-c2cccc3c2CNC3=O)c(OCC2(C(C(=O)O)C(F)(F)F)CC2)c1OC. The third kappa shape index (κ3) is 3.94. The molecule has 10 heteroatoms. The van der Waals surface area contributed by atoms with E-state index in [1.165, 1.54) is 14.2 Å². The van der Waals surface area contributed by atoms with E-state index in [0.29, 0.717) is 22.4 Å². The number of halogens is 3. The Balaban J connectivity index is 1.77. The largest absolute Gasteiger partial charge is 0.493 e. The zero-order valence-corrected chi connectivity index (χ0v) is 17.9. The number of nitrogens with one attached hydrogen (secondary N) is 1. The number of alkyl halides is 3. The number of aliphatic carboxylic acids is 1. The van der Waals surface area contributed by atoms with Gasteiger partial charge in [0, 0.05) is 23.1 Å². The van der Waals surface area contributed by atoms with Gasteiger partial charge < -0.3 is 24.6 Å². The highest BCUT2D eigenvalue weighted by molar-refractivity contribution is 6.01. The van der Waals surface area contributed by atoms with Crippen LogP contribution in [0.5, 0.6) is 17.2 Å². The zero-order chi connectivity index (χ0) is 24.0. The molecule has 4 rings (SSSR count). The number of rotatable bonds is 8. The van der Waals surface area contributed by atoms with Crippen molar-refractivity contribution in [2.75, 3.05) is 20.8 Å². The number of hydrogen-bond donors (Lipinski definition) is 2. The van der Waals surface area contributed by atoms with Gasteiger partial charge in [0.15, 0.2) is 17.4 Å². The lowest BCUT2D eigenvalue weighted by atomic mass is 9.89. The highest BCUT2D eigenvalue weighted by Crippen LogP contribution is 2.58. The van der Waals surface area contributed by atoms with Crippen molar-refractivity contribution in [2.24, 2.45) is 11.3 Å². The van der Waals surface area contributed by atoms with Crippen molar-refractivity contribution in [1.82, 2.24) is 5.32 Å². The molecule has 1 fully saturated rings. The summed E-state index contributed by atoms with van der Waals surface area (Å²) < 4.78 is 57.2. The fourth-order valence-electron chi connectivity index (χ4n) is 4.40. The van der Waals surface area contributed by atoms with Gasteiger partial charge in [-0.2, -0.15) is 13.2 Å². The number of ether oxygens (including phenoxy) is 3. The fourth-order valence-corrected chi connectivity index (χ4v) is 4.40. The molecule has 2 aromatic rings. The maximum absolute atomic E-state index is 13.5. The fraction of sp³-hybridized carbons (Fsp3) is 0.391. The van der Waals surface area contributed by atoms with Crippen LogP contribution in [0.2, 0.25) is 0 Å². The van der Waals surface area contributed by atoms with E-state index < -0.39 is 30.1 Å². The predicted molar refractivity (Wildman–Crippen MR) is 110 cm³/mol. The quantitative estimate of drug-likeness (QED) is 0.611. The molecular weight excluding hydrogens is 443 g/mol. The Morgan fingerprint density at radius 3 is 2.36 bits per heavy atom. The molecule has 1 saturated carbocycles. The topological polar surface area (TPSA) is 94.1 Å². The number of carboxylic acids is 1. The Bertz CT molecular complexity index is 1110. The van der Waals surface area contributed by atoms with Crippen LogP contribution in [-0.4, -0.2) is 44.0 Å². The number of carbonyl (C=O) groups excluding carboxylic acids is 1. The van der Waals surface area contributed by atoms with Gasteiger partial charge >= 0.3 is 12.1 Å². The highest BCUT2D eigenvalue weighted by atomic mass is 19.4. The monoisotopic (exact) mass is 465 g/mol. The van der Waals surface area contributed by atoms with Crippen molar-refractivity contribution in [3.05, 3.63) is 41.5 Å². The molecule has 2 N–H and O–H groups in total. The maximum Gasteiger partial charge on any atom is 0.402 e. The van der Waals surface area contributed by atoms with Gasteiger partial charge in [-0.3, -0.25) is 9.59 Å². The Hall–Kier alpha value is -3.43. The summed E-state index contributed by atoms with van der Waals surface area (Å²) in [6.45, 7) is -0.177. The van der Waals surface area contributed by atoms with Crippen molar-refractivity contribution in [3.8, 4) is 28.4 Å². The van der Waals surface area contributed by atoms with Gasteiger partial charge in [0.05, 0.1) is 20.8 Å². The van der Waals surface area contributed by atoms with Crippen LogP contribution < -0.4 is 19.5 Å². The molecule has 1 amide bonds. The van der Waals surface area contributed by atoms with E-state index >= 15 is 0 Å². The lowest BCUT2D eigenvalue weighted by molar-refractivity contribution is -0.209. The molecule has 0 bridgehead atoms. The third-order valence-corrected chi connectivity index (χ3v) is 6.22. The molecule has 1 aliphatic carbocycles. The second-order valence-corrected chi connectivity index (χ2v) is 8.16. The molecule has 0 saturated heterocycles. The molecule has 33 heavy (non-hydrogen) atoms.